The normalized spacial score (nSPS) is 11.6. The van der Waals surface area contributed by atoms with Crippen molar-refractivity contribution in [2.45, 2.75) is 296 Å². The molecule has 430 valence electrons. The predicted molar refractivity (Wildman–Crippen MR) is 289 cm³/mol. The predicted octanol–water partition coefficient (Wildman–Crippen LogP) is 3.48. The molecule has 0 aromatic rings. The molecule has 0 amide bonds. The molecule has 1 unspecified atom stereocenters. The van der Waals surface area contributed by atoms with Gasteiger partial charge in [0.15, 0.2) is 5.25 Å². The van der Waals surface area contributed by atoms with Crippen LogP contribution in [-0.4, -0.2) is 83.6 Å². The van der Waals surface area contributed by atoms with Crippen molar-refractivity contribution in [3.8, 4) is 0 Å². The van der Waals surface area contributed by atoms with Gasteiger partial charge >= 0.3 is 151 Å². The van der Waals surface area contributed by atoms with Crippen LogP contribution in [0.2, 0.25) is 0 Å². The summed E-state index contributed by atoms with van der Waals surface area (Å²) in [5, 5.41) is 13.9. The van der Waals surface area contributed by atoms with Crippen LogP contribution in [0, 0.1) is 0 Å². The van der Waals surface area contributed by atoms with Gasteiger partial charge in [-0.2, -0.15) is 25.3 Å². The van der Waals surface area contributed by atoms with Crippen molar-refractivity contribution in [3.05, 3.63) is 0 Å². The van der Waals surface area contributed by atoms with Gasteiger partial charge in [-0.1, -0.05) is 259 Å². The van der Waals surface area contributed by atoms with E-state index in [1.54, 1.807) is 0 Å². The Labute approximate surface area is 549 Å². The number of carboxylic acids is 2. The van der Waals surface area contributed by atoms with Gasteiger partial charge in [0.1, 0.15) is 0 Å². The first kappa shape index (κ1) is 90.4. The first-order valence-electron chi connectivity index (χ1n) is 28.0. The molecular weight excluding hydrogens is 1050 g/mol. The van der Waals surface area contributed by atoms with Gasteiger partial charge in [0.25, 0.3) is 10.1 Å². The summed E-state index contributed by atoms with van der Waals surface area (Å²) >= 11 is 0. The Bertz CT molecular complexity index is 1360. The van der Waals surface area contributed by atoms with Gasteiger partial charge in [-0.3, -0.25) is 14.1 Å². The van der Waals surface area contributed by atoms with Crippen LogP contribution in [-0.2, 0) is 57.2 Å². The van der Waals surface area contributed by atoms with E-state index in [0.29, 0.717) is 0 Å². The third-order valence-electron chi connectivity index (χ3n) is 11.9. The van der Waals surface area contributed by atoms with Crippen molar-refractivity contribution < 1.29 is 190 Å². The molecule has 3 N–H and O–H groups in total. The maximum atomic E-state index is 11.7. The molecule has 0 saturated carbocycles. The molecule has 0 bridgehead atoms. The van der Waals surface area contributed by atoms with E-state index in [2.05, 4.69) is 27.7 Å². The summed E-state index contributed by atoms with van der Waals surface area (Å²) < 4.78 is 95.3. The van der Waals surface area contributed by atoms with Crippen LogP contribution in [0.25, 0.3) is 0 Å². The molecule has 0 fully saturated rings. The van der Waals surface area contributed by atoms with Crippen LogP contribution in [0.1, 0.15) is 297 Å². The van der Waals surface area contributed by atoms with Crippen LogP contribution < -0.4 is 118 Å². The smallest absolute Gasteiger partial charge is 1.00 e. The van der Waals surface area contributed by atoms with Gasteiger partial charge in [0.2, 0.25) is 0 Å². The van der Waals surface area contributed by atoms with Gasteiger partial charge in [-0.15, -0.1) is 0 Å². The Morgan fingerprint density at radius 2 is 0.500 bits per heavy atom. The Kier molecular flexibility index (Phi) is 83.2. The largest absolute Gasteiger partial charge is 1.00 e. The fraction of sp³-hybridized carbons (Fsp3) is 0.962. The van der Waals surface area contributed by atoms with Crippen molar-refractivity contribution in [1.82, 2.24) is 0 Å². The van der Waals surface area contributed by atoms with Gasteiger partial charge in [0, 0.05) is 0 Å². The first-order valence-corrected chi connectivity index (χ1v) is 32.1. The molecule has 0 heterocycles. The number of unbranched alkanes of at least 4 members (excludes halogenated alkanes) is 36. The molecule has 0 radical (unpaired) electrons. The number of aliphatic carboxylic acids is 2. The van der Waals surface area contributed by atoms with Crippen molar-refractivity contribution in [1.29, 1.82) is 0 Å². The Morgan fingerprint density at radius 1 is 0.338 bits per heavy atom. The summed E-state index contributed by atoms with van der Waals surface area (Å²) in [4.78, 5) is 20.0. The zero-order valence-electron chi connectivity index (χ0n) is 52.9. The van der Waals surface area contributed by atoms with E-state index < -0.39 is 54.5 Å². The maximum absolute atomic E-state index is 11.7. The number of hydrogen-bond donors (Lipinski definition) is 3. The molecule has 0 rings (SSSR count). The third-order valence-corrected chi connectivity index (χ3v) is 14.8. The topological polar surface area (TPSA) is 234 Å². The number of carbonyl (C=O) groups is 2. The van der Waals surface area contributed by atoms with E-state index in [1.165, 1.54) is 180 Å². The van der Waals surface area contributed by atoms with Crippen molar-refractivity contribution in [3.63, 3.8) is 0 Å². The van der Waals surface area contributed by atoms with Crippen LogP contribution >= 0.6 is 0 Å². The molecule has 1 atom stereocenters. The van der Waals surface area contributed by atoms with Crippen LogP contribution in [0.15, 0.2) is 0 Å². The molecule has 15 nitrogen and oxygen atoms in total. The van der Waals surface area contributed by atoms with E-state index in [0.717, 1.165) is 77.0 Å². The second-order valence-electron chi connectivity index (χ2n) is 18.8. The van der Waals surface area contributed by atoms with Gasteiger partial charge < -0.3 is 15.9 Å². The second kappa shape index (κ2) is 68.1. The Morgan fingerprint density at radius 3 is 0.622 bits per heavy atom. The standard InChI is InChI=1S/2C24H50O4S.C4H6O7S.4Na.4H/c2*1-3-5-7-9-11-13-15-17-19-21-23-27-29(25,26)28-24-22-20-18-16-14-12-10-8-6-4-2;5-3(6)1-2(4(7)8)12(9,10)11;;;;;;;;/h2*3-24H2,1-2H3;2H,1H2,(H,5,6)(H,7,8)(H,9,10,11);;;;;;;;/q;;;4*+1;4*-1. The average molecular weight is 1160 g/mol. The molecular formula is C52H110Na4O15S3. The summed E-state index contributed by atoms with van der Waals surface area (Å²) in [6, 6.07) is 0. The van der Waals surface area contributed by atoms with Crippen LogP contribution in [0.4, 0.5) is 0 Å². The molecule has 0 aliphatic carbocycles. The summed E-state index contributed by atoms with van der Waals surface area (Å²) in [6.45, 7) is 9.95. The maximum Gasteiger partial charge on any atom is 1.00 e. The van der Waals surface area contributed by atoms with E-state index in [9.17, 15) is 34.8 Å². The molecule has 0 aliphatic heterocycles. The summed E-state index contributed by atoms with van der Waals surface area (Å²) in [5.41, 5.74) is 0. The number of carboxylic acid groups (broad SMARTS) is 2. The second-order valence-corrected chi connectivity index (χ2v) is 22.9. The molecule has 0 aliphatic rings. The molecule has 0 aromatic heterocycles. The average Bonchev–Trinajstić information content (AvgIpc) is 3.30. The fourth-order valence-electron chi connectivity index (χ4n) is 7.55. The summed E-state index contributed by atoms with van der Waals surface area (Å²) in [6.07, 6.45) is 47.7. The molecule has 0 aromatic carbocycles. The van der Waals surface area contributed by atoms with Crippen molar-refractivity contribution in [2.24, 2.45) is 0 Å². The minimum absolute atomic E-state index is 0. The van der Waals surface area contributed by atoms with Crippen LogP contribution in [0.5, 0.6) is 0 Å². The number of hydrogen-bond acceptors (Lipinski definition) is 12. The molecule has 0 spiro atoms. The number of rotatable bonds is 52. The Hall–Kier alpha value is 2.59. The zero-order chi connectivity index (χ0) is 52.9. The van der Waals surface area contributed by atoms with Gasteiger partial charge in [-0.05, 0) is 25.7 Å². The SMILES string of the molecule is CCCCCCCCCCCCOS(=O)(=O)OCCCCCCCCCCCC.CCCCCCCCCCCCOS(=O)(=O)OCCCCCCCCCCCC.O=C(O)CC(C(=O)O)S(=O)(=O)O.[H-].[H-].[H-].[H-].[Na+].[Na+].[Na+].[Na+]. The first-order chi connectivity index (χ1) is 33.5. The van der Waals surface area contributed by atoms with Gasteiger partial charge in [-0.25, -0.2) is 16.7 Å². The van der Waals surface area contributed by atoms with Gasteiger partial charge in [0.05, 0.1) is 32.8 Å². The van der Waals surface area contributed by atoms with E-state index in [4.69, 9.17) is 31.5 Å². The summed E-state index contributed by atoms with van der Waals surface area (Å²) in [5.74, 6) is -3.50. The molecule has 74 heavy (non-hydrogen) atoms. The minimum Gasteiger partial charge on any atom is -1.00 e. The minimum atomic E-state index is -4.84. The van der Waals surface area contributed by atoms with E-state index in [1.807, 2.05) is 0 Å². The van der Waals surface area contributed by atoms with E-state index >= 15 is 0 Å². The zero-order valence-corrected chi connectivity index (χ0v) is 59.3. The van der Waals surface area contributed by atoms with E-state index in [-0.39, 0.29) is 150 Å². The summed E-state index contributed by atoms with van der Waals surface area (Å²) in [7, 11) is -12.4. The third kappa shape index (κ3) is 76.7. The fourth-order valence-corrected chi connectivity index (χ4v) is 9.58. The quantitative estimate of drug-likeness (QED) is 0.0450. The molecule has 0 saturated heterocycles. The Balaban J connectivity index is -0.0000000975. The van der Waals surface area contributed by atoms with Crippen LogP contribution in [0.3, 0.4) is 0 Å². The van der Waals surface area contributed by atoms with Crippen molar-refractivity contribution >= 4 is 42.9 Å². The molecule has 22 heteroatoms. The monoisotopic (exact) mass is 1160 g/mol. The van der Waals surface area contributed by atoms with Crippen molar-refractivity contribution in [2.75, 3.05) is 26.4 Å².